The molecule has 4 nitrogen and oxygen atoms in total. The number of rotatable bonds is 3. The van der Waals surface area contributed by atoms with Crippen molar-refractivity contribution in [1.29, 1.82) is 0 Å². The fraction of sp³-hybridized carbons (Fsp3) is 0.0769. The Hall–Kier alpha value is -1.72. The Bertz CT molecular complexity index is 619. The lowest BCUT2D eigenvalue weighted by atomic mass is 10.3. The number of benzene rings is 1. The molecule has 0 saturated carbocycles. The Morgan fingerprint density at radius 2 is 2.16 bits per heavy atom. The van der Waals surface area contributed by atoms with Crippen LogP contribution in [-0.2, 0) is 4.74 Å². The number of hydrogen-bond acceptors (Lipinski definition) is 5. The van der Waals surface area contributed by atoms with E-state index in [0.29, 0.717) is 15.7 Å². The van der Waals surface area contributed by atoms with Crippen molar-refractivity contribution in [2.75, 3.05) is 12.8 Å². The highest BCUT2D eigenvalue weighted by atomic mass is 35.5. The van der Waals surface area contributed by atoms with Gasteiger partial charge in [0.1, 0.15) is 10.7 Å². The minimum atomic E-state index is -0.493. The topological polar surface area (TPSA) is 65.2 Å². The van der Waals surface area contributed by atoms with Gasteiger partial charge in [-0.05, 0) is 30.3 Å². The molecular formula is C13H11ClN2O2S. The van der Waals surface area contributed by atoms with Crippen LogP contribution in [0.2, 0.25) is 5.02 Å². The second-order valence-corrected chi connectivity index (χ2v) is 5.14. The van der Waals surface area contributed by atoms with E-state index in [0.717, 1.165) is 4.90 Å². The Kier molecular flexibility index (Phi) is 4.29. The first-order chi connectivity index (χ1) is 9.10. The van der Waals surface area contributed by atoms with E-state index in [1.807, 2.05) is 12.1 Å². The maximum absolute atomic E-state index is 11.4. The summed E-state index contributed by atoms with van der Waals surface area (Å²) in [7, 11) is 1.31. The van der Waals surface area contributed by atoms with Gasteiger partial charge in [0.2, 0.25) is 0 Å². The first kappa shape index (κ1) is 13.7. The summed E-state index contributed by atoms with van der Waals surface area (Å²) < 4.78 is 4.63. The number of aromatic nitrogens is 1. The average molecular weight is 295 g/mol. The normalized spacial score (nSPS) is 10.2. The molecule has 2 N–H and O–H groups in total. The van der Waals surface area contributed by atoms with Gasteiger partial charge in [0, 0.05) is 9.92 Å². The van der Waals surface area contributed by atoms with E-state index in [1.165, 1.54) is 24.9 Å². The molecule has 98 valence electrons. The predicted molar refractivity (Wildman–Crippen MR) is 75.6 cm³/mol. The molecule has 0 saturated heterocycles. The molecule has 0 aliphatic heterocycles. The Labute approximate surface area is 119 Å². The first-order valence-corrected chi connectivity index (χ1v) is 6.58. The van der Waals surface area contributed by atoms with Crippen molar-refractivity contribution in [3.63, 3.8) is 0 Å². The molecule has 1 aromatic carbocycles. The Morgan fingerprint density at radius 1 is 1.37 bits per heavy atom. The molecule has 0 radical (unpaired) electrons. The molecule has 2 rings (SSSR count). The smallest absolute Gasteiger partial charge is 0.356 e. The number of methoxy groups -OCH3 is 1. The van der Waals surface area contributed by atoms with Crippen LogP contribution in [0.15, 0.2) is 46.3 Å². The predicted octanol–water partition coefficient (Wildman–Crippen LogP) is 3.26. The highest BCUT2D eigenvalue weighted by molar-refractivity contribution is 7.99. The molecule has 1 heterocycles. The largest absolute Gasteiger partial charge is 0.464 e. The lowest BCUT2D eigenvalue weighted by Gasteiger charge is -2.06. The molecule has 0 aliphatic carbocycles. The summed E-state index contributed by atoms with van der Waals surface area (Å²) in [5, 5.41) is 1.18. The molecule has 0 amide bonds. The maximum atomic E-state index is 11.4. The van der Waals surface area contributed by atoms with E-state index in [9.17, 15) is 4.79 Å². The lowest BCUT2D eigenvalue weighted by molar-refractivity contribution is 0.0593. The molecule has 0 bridgehead atoms. The summed E-state index contributed by atoms with van der Waals surface area (Å²) >= 11 is 7.26. The molecule has 0 atom stereocenters. The quantitative estimate of drug-likeness (QED) is 0.880. The average Bonchev–Trinajstić information content (AvgIpc) is 2.40. The van der Waals surface area contributed by atoms with Crippen molar-refractivity contribution in [1.82, 2.24) is 4.98 Å². The summed E-state index contributed by atoms with van der Waals surface area (Å²) in [4.78, 5) is 16.5. The van der Waals surface area contributed by atoms with Crippen LogP contribution in [0.5, 0.6) is 0 Å². The number of pyridine rings is 1. The summed E-state index contributed by atoms with van der Waals surface area (Å²) in [5.41, 5.74) is 6.57. The SMILES string of the molecule is COC(=O)c1ccc(N)c(Sc2cccc(Cl)c2)n1. The molecule has 0 unspecified atom stereocenters. The van der Waals surface area contributed by atoms with Gasteiger partial charge < -0.3 is 10.5 Å². The highest BCUT2D eigenvalue weighted by Crippen LogP contribution is 2.31. The van der Waals surface area contributed by atoms with E-state index in [2.05, 4.69) is 9.72 Å². The second-order valence-electron chi connectivity index (χ2n) is 3.64. The number of halogens is 1. The Balaban J connectivity index is 2.31. The van der Waals surface area contributed by atoms with Gasteiger partial charge in [-0.25, -0.2) is 9.78 Å². The van der Waals surface area contributed by atoms with Crippen molar-refractivity contribution >= 4 is 35.0 Å². The lowest BCUT2D eigenvalue weighted by Crippen LogP contribution is -2.05. The van der Waals surface area contributed by atoms with Gasteiger partial charge in [-0.1, -0.05) is 29.4 Å². The highest BCUT2D eigenvalue weighted by Gasteiger charge is 2.11. The third kappa shape index (κ3) is 3.39. The van der Waals surface area contributed by atoms with Crippen molar-refractivity contribution in [2.24, 2.45) is 0 Å². The molecule has 19 heavy (non-hydrogen) atoms. The molecule has 0 fully saturated rings. The van der Waals surface area contributed by atoms with Crippen LogP contribution in [0.1, 0.15) is 10.5 Å². The van der Waals surface area contributed by atoms with Gasteiger partial charge in [-0.3, -0.25) is 0 Å². The summed E-state index contributed by atoms with van der Waals surface area (Å²) in [5.74, 6) is -0.493. The van der Waals surface area contributed by atoms with Crippen LogP contribution >= 0.6 is 23.4 Å². The van der Waals surface area contributed by atoms with E-state index in [4.69, 9.17) is 17.3 Å². The number of nitrogens with two attached hydrogens (primary N) is 1. The minimum Gasteiger partial charge on any atom is -0.464 e. The number of carbonyl (C=O) groups excluding carboxylic acids is 1. The molecular weight excluding hydrogens is 284 g/mol. The van der Waals surface area contributed by atoms with E-state index in [-0.39, 0.29) is 5.69 Å². The third-order valence-electron chi connectivity index (χ3n) is 2.29. The van der Waals surface area contributed by atoms with Crippen LogP contribution < -0.4 is 5.73 Å². The molecule has 2 aromatic rings. The number of hydrogen-bond donors (Lipinski definition) is 1. The molecule has 6 heteroatoms. The van der Waals surface area contributed by atoms with Gasteiger partial charge in [0.05, 0.1) is 12.8 Å². The number of nitrogens with zero attached hydrogens (tertiary/aromatic N) is 1. The van der Waals surface area contributed by atoms with E-state index >= 15 is 0 Å². The van der Waals surface area contributed by atoms with Gasteiger partial charge in [0.15, 0.2) is 0 Å². The number of ether oxygens (including phenoxy) is 1. The van der Waals surface area contributed by atoms with Gasteiger partial charge in [-0.2, -0.15) is 0 Å². The fourth-order valence-electron chi connectivity index (χ4n) is 1.39. The van der Waals surface area contributed by atoms with Gasteiger partial charge in [-0.15, -0.1) is 0 Å². The summed E-state index contributed by atoms with van der Waals surface area (Å²) in [6, 6.07) is 10.5. The first-order valence-electron chi connectivity index (χ1n) is 5.38. The minimum absolute atomic E-state index is 0.223. The monoisotopic (exact) mass is 294 g/mol. The van der Waals surface area contributed by atoms with Crippen LogP contribution in [0, 0.1) is 0 Å². The van der Waals surface area contributed by atoms with Gasteiger partial charge in [0.25, 0.3) is 0 Å². The van der Waals surface area contributed by atoms with E-state index < -0.39 is 5.97 Å². The van der Waals surface area contributed by atoms with Gasteiger partial charge >= 0.3 is 5.97 Å². The second kappa shape index (κ2) is 5.95. The number of carbonyl (C=O) groups is 1. The van der Waals surface area contributed by atoms with Crippen LogP contribution in [0.3, 0.4) is 0 Å². The fourth-order valence-corrected chi connectivity index (χ4v) is 2.53. The van der Waals surface area contributed by atoms with Crippen molar-refractivity contribution in [3.05, 3.63) is 47.1 Å². The number of nitrogen functional groups attached to an aromatic ring is 1. The Morgan fingerprint density at radius 3 is 2.84 bits per heavy atom. The van der Waals surface area contributed by atoms with Crippen LogP contribution in [-0.4, -0.2) is 18.1 Å². The molecule has 0 spiro atoms. The van der Waals surface area contributed by atoms with Crippen molar-refractivity contribution < 1.29 is 9.53 Å². The number of anilines is 1. The summed E-state index contributed by atoms with van der Waals surface area (Å²) in [6.45, 7) is 0. The molecule has 1 aromatic heterocycles. The van der Waals surface area contributed by atoms with Crippen molar-refractivity contribution in [3.8, 4) is 0 Å². The third-order valence-corrected chi connectivity index (χ3v) is 3.54. The molecule has 0 aliphatic rings. The zero-order chi connectivity index (χ0) is 13.8. The van der Waals surface area contributed by atoms with E-state index in [1.54, 1.807) is 18.2 Å². The van der Waals surface area contributed by atoms with Crippen LogP contribution in [0.4, 0.5) is 5.69 Å². The van der Waals surface area contributed by atoms with Crippen molar-refractivity contribution in [2.45, 2.75) is 9.92 Å². The maximum Gasteiger partial charge on any atom is 0.356 e. The van der Waals surface area contributed by atoms with Crippen LogP contribution in [0.25, 0.3) is 0 Å². The zero-order valence-electron chi connectivity index (χ0n) is 10.1. The summed E-state index contributed by atoms with van der Waals surface area (Å²) in [6.07, 6.45) is 0. The zero-order valence-corrected chi connectivity index (χ0v) is 11.7. The standard InChI is InChI=1S/C13H11ClN2O2S/c1-18-13(17)11-6-5-10(15)12(16-11)19-9-4-2-3-8(14)7-9/h2-7H,15H2,1H3. The number of esters is 1.